The van der Waals surface area contributed by atoms with Crippen LogP contribution >= 0.6 is 34.0 Å². The molecule has 1 aliphatic rings. The molecule has 1 amide bonds. The van der Waals surface area contributed by atoms with Gasteiger partial charge in [-0.15, -0.1) is 22.7 Å². The molecule has 0 aromatic carbocycles. The Kier molecular flexibility index (Phi) is 4.57. The maximum atomic E-state index is 13.4. The molecule has 0 radical (unpaired) electrons. The van der Waals surface area contributed by atoms with E-state index in [1.54, 1.807) is 34.0 Å². The quantitative estimate of drug-likeness (QED) is 0.621. The number of rotatable bonds is 5. The van der Waals surface area contributed by atoms with Crippen LogP contribution in [0.25, 0.3) is 0 Å². The zero-order valence-electron chi connectivity index (χ0n) is 13.2. The van der Waals surface area contributed by atoms with E-state index in [0.717, 1.165) is 25.7 Å². The number of nitrogens with one attached hydrogen (secondary N) is 1. The van der Waals surface area contributed by atoms with Crippen molar-refractivity contribution in [3.63, 3.8) is 0 Å². The first kappa shape index (κ1) is 16.1. The summed E-state index contributed by atoms with van der Waals surface area (Å²) in [6, 6.07) is 10.4. The maximum Gasteiger partial charge on any atom is 0.232 e. The Hall–Kier alpha value is -1.43. The highest BCUT2D eigenvalue weighted by Crippen LogP contribution is 2.44. The summed E-state index contributed by atoms with van der Waals surface area (Å²) in [7, 11) is 0. The van der Waals surface area contributed by atoms with Crippen LogP contribution in [0.5, 0.6) is 0 Å². The van der Waals surface area contributed by atoms with Crippen LogP contribution in [0, 0.1) is 0 Å². The number of hydrogen-bond acceptors (Lipinski definition) is 4. The lowest BCUT2D eigenvalue weighted by atomic mass is 9.83. The number of amides is 1. The van der Waals surface area contributed by atoms with E-state index in [9.17, 15) is 4.79 Å². The molecular weight excluding hydrogens is 354 g/mol. The van der Waals surface area contributed by atoms with Crippen LogP contribution in [0.1, 0.15) is 47.0 Å². The van der Waals surface area contributed by atoms with Crippen molar-refractivity contribution in [2.24, 2.45) is 0 Å². The average molecular weight is 374 g/mol. The minimum atomic E-state index is -0.334. The van der Waals surface area contributed by atoms with Crippen molar-refractivity contribution in [3.8, 4) is 0 Å². The van der Waals surface area contributed by atoms with Gasteiger partial charge in [-0.1, -0.05) is 25.0 Å². The van der Waals surface area contributed by atoms with Crippen LogP contribution in [0.2, 0.25) is 0 Å². The molecule has 1 atom stereocenters. The Bertz CT molecular complexity index is 735. The Morgan fingerprint density at radius 2 is 1.83 bits per heavy atom. The summed E-state index contributed by atoms with van der Waals surface area (Å²) in [5.74, 6) is 0.187. The van der Waals surface area contributed by atoms with Gasteiger partial charge in [-0.2, -0.15) is 11.3 Å². The summed E-state index contributed by atoms with van der Waals surface area (Å²) < 4.78 is 0. The Balaban J connectivity index is 1.65. The molecule has 1 fully saturated rings. The van der Waals surface area contributed by atoms with Crippen LogP contribution in [-0.4, -0.2) is 5.91 Å². The number of carbonyl (C=O) groups is 1. The highest BCUT2D eigenvalue weighted by molar-refractivity contribution is 7.10. The molecule has 0 aliphatic heterocycles. The standard InChI is InChI=1S/C19H19NOS3/c21-18(19(8-1-2-9-19)16-6-4-11-24-16)20-17(14-7-12-22-13-14)15-5-3-10-23-15/h3-7,10-13,17H,1-2,8-9H2,(H,20,21). The largest absolute Gasteiger partial charge is 0.344 e. The fourth-order valence-electron chi connectivity index (χ4n) is 3.60. The van der Waals surface area contributed by atoms with Crippen LogP contribution in [-0.2, 0) is 10.2 Å². The van der Waals surface area contributed by atoms with E-state index in [-0.39, 0.29) is 17.4 Å². The highest BCUT2D eigenvalue weighted by atomic mass is 32.1. The van der Waals surface area contributed by atoms with Gasteiger partial charge < -0.3 is 5.32 Å². The van der Waals surface area contributed by atoms with E-state index in [0.29, 0.717) is 0 Å². The van der Waals surface area contributed by atoms with Gasteiger partial charge in [0.15, 0.2) is 0 Å². The van der Waals surface area contributed by atoms with Crippen molar-refractivity contribution in [3.05, 3.63) is 67.2 Å². The van der Waals surface area contributed by atoms with Gasteiger partial charge in [-0.05, 0) is 58.1 Å². The molecule has 1 N–H and O–H groups in total. The van der Waals surface area contributed by atoms with E-state index >= 15 is 0 Å². The van der Waals surface area contributed by atoms with Crippen LogP contribution in [0.3, 0.4) is 0 Å². The Labute approximate surface area is 154 Å². The van der Waals surface area contributed by atoms with Crippen molar-refractivity contribution in [1.82, 2.24) is 5.32 Å². The summed E-state index contributed by atoms with van der Waals surface area (Å²) in [4.78, 5) is 15.8. The van der Waals surface area contributed by atoms with Crippen molar-refractivity contribution >= 4 is 39.9 Å². The lowest BCUT2D eigenvalue weighted by Gasteiger charge is -2.29. The first-order chi connectivity index (χ1) is 11.8. The van der Waals surface area contributed by atoms with E-state index in [1.807, 2.05) is 0 Å². The van der Waals surface area contributed by atoms with Crippen LogP contribution in [0.4, 0.5) is 0 Å². The Morgan fingerprint density at radius 3 is 2.46 bits per heavy atom. The molecule has 4 rings (SSSR count). The average Bonchev–Trinajstić information content (AvgIpc) is 3.41. The zero-order valence-corrected chi connectivity index (χ0v) is 15.7. The van der Waals surface area contributed by atoms with Crippen molar-refractivity contribution < 1.29 is 4.79 Å². The highest BCUT2D eigenvalue weighted by Gasteiger charge is 2.44. The first-order valence-electron chi connectivity index (χ1n) is 8.20. The van der Waals surface area contributed by atoms with Gasteiger partial charge in [0, 0.05) is 9.75 Å². The van der Waals surface area contributed by atoms with Gasteiger partial charge in [0.25, 0.3) is 0 Å². The molecule has 1 unspecified atom stereocenters. The zero-order chi connectivity index (χ0) is 16.4. The third-order valence-corrected chi connectivity index (χ3v) is 7.58. The smallest absolute Gasteiger partial charge is 0.232 e. The van der Waals surface area contributed by atoms with E-state index < -0.39 is 0 Å². The molecule has 1 aliphatic carbocycles. The van der Waals surface area contributed by atoms with E-state index in [1.165, 1.54) is 15.3 Å². The molecule has 3 aromatic rings. The van der Waals surface area contributed by atoms with Gasteiger partial charge >= 0.3 is 0 Å². The predicted octanol–water partition coefficient (Wildman–Crippen LogP) is 5.59. The fourth-order valence-corrected chi connectivity index (χ4v) is 6.07. The molecular formula is C19H19NOS3. The maximum absolute atomic E-state index is 13.4. The molecule has 1 saturated carbocycles. The molecule has 5 heteroatoms. The summed E-state index contributed by atoms with van der Waals surface area (Å²) in [5, 5.41) is 11.7. The summed E-state index contributed by atoms with van der Waals surface area (Å²) >= 11 is 5.09. The SMILES string of the molecule is O=C(NC(c1ccsc1)c1cccs1)C1(c2cccs2)CCCC1. The van der Waals surface area contributed by atoms with Gasteiger partial charge in [-0.25, -0.2) is 0 Å². The second-order valence-electron chi connectivity index (χ2n) is 6.25. The molecule has 0 bridgehead atoms. The molecule has 0 saturated heterocycles. The van der Waals surface area contributed by atoms with E-state index in [2.05, 4.69) is 57.2 Å². The summed E-state index contributed by atoms with van der Waals surface area (Å²) in [5.41, 5.74) is 0.842. The second-order valence-corrected chi connectivity index (χ2v) is 8.95. The molecule has 3 aromatic heterocycles. The number of hydrogen-bond donors (Lipinski definition) is 1. The first-order valence-corrected chi connectivity index (χ1v) is 10.9. The van der Waals surface area contributed by atoms with Crippen molar-refractivity contribution in [1.29, 1.82) is 0 Å². The molecule has 0 spiro atoms. The Morgan fingerprint density at radius 1 is 1.04 bits per heavy atom. The fraction of sp³-hybridized carbons (Fsp3) is 0.316. The van der Waals surface area contributed by atoms with Crippen LogP contribution in [0.15, 0.2) is 51.9 Å². The van der Waals surface area contributed by atoms with Gasteiger partial charge in [0.05, 0.1) is 11.5 Å². The van der Waals surface area contributed by atoms with Gasteiger partial charge in [0.2, 0.25) is 5.91 Å². The topological polar surface area (TPSA) is 29.1 Å². The third kappa shape index (κ3) is 2.85. The summed E-state index contributed by atoms with van der Waals surface area (Å²) in [6.45, 7) is 0. The lowest BCUT2D eigenvalue weighted by Crippen LogP contribution is -2.43. The minimum absolute atomic E-state index is 0.0406. The lowest BCUT2D eigenvalue weighted by molar-refractivity contribution is -0.127. The normalized spacial score (nSPS) is 17.7. The third-order valence-electron chi connectivity index (χ3n) is 4.86. The molecule has 24 heavy (non-hydrogen) atoms. The van der Waals surface area contributed by atoms with Gasteiger partial charge in [-0.3, -0.25) is 4.79 Å². The molecule has 2 nitrogen and oxygen atoms in total. The number of thiophene rings is 3. The van der Waals surface area contributed by atoms with Gasteiger partial charge in [0.1, 0.15) is 0 Å². The summed E-state index contributed by atoms with van der Waals surface area (Å²) in [6.07, 6.45) is 4.18. The van der Waals surface area contributed by atoms with Crippen molar-refractivity contribution in [2.75, 3.05) is 0 Å². The second kappa shape index (κ2) is 6.82. The number of carbonyl (C=O) groups excluding carboxylic acids is 1. The van der Waals surface area contributed by atoms with E-state index in [4.69, 9.17) is 0 Å². The predicted molar refractivity (Wildman–Crippen MR) is 103 cm³/mol. The minimum Gasteiger partial charge on any atom is -0.344 e. The molecule has 124 valence electrons. The monoisotopic (exact) mass is 373 g/mol. The molecule has 3 heterocycles. The van der Waals surface area contributed by atoms with Crippen LogP contribution < -0.4 is 5.32 Å². The van der Waals surface area contributed by atoms with Crippen molar-refractivity contribution in [2.45, 2.75) is 37.1 Å².